The summed E-state index contributed by atoms with van der Waals surface area (Å²) in [5, 5.41) is 0. The Kier molecular flexibility index (Phi) is 5.38. The van der Waals surface area contributed by atoms with Gasteiger partial charge in [-0.3, -0.25) is 0 Å². The molecule has 0 bridgehead atoms. The lowest BCUT2D eigenvalue weighted by Gasteiger charge is -2.18. The number of aryl methyl sites for hydroxylation is 2. The summed E-state index contributed by atoms with van der Waals surface area (Å²) in [5.41, 5.74) is 3.09. The molecule has 0 aliphatic carbocycles. The highest BCUT2D eigenvalue weighted by molar-refractivity contribution is 6.16. The number of alkyl halides is 1. The molecule has 2 aromatic heterocycles. The molecule has 4 nitrogen and oxygen atoms in total. The van der Waals surface area contributed by atoms with Crippen molar-refractivity contribution in [3.8, 4) is 0 Å². The summed E-state index contributed by atoms with van der Waals surface area (Å²) in [4.78, 5) is 11.5. The molecule has 0 saturated carbocycles. The van der Waals surface area contributed by atoms with Crippen molar-refractivity contribution in [1.82, 2.24) is 19.4 Å². The van der Waals surface area contributed by atoms with Crippen LogP contribution in [-0.2, 0) is 12.4 Å². The maximum atomic E-state index is 6.03. The molecule has 0 aliphatic heterocycles. The maximum absolute atomic E-state index is 6.03. The zero-order valence-electron chi connectivity index (χ0n) is 12.6. The fourth-order valence-electron chi connectivity index (χ4n) is 2.51. The number of aromatic nitrogens is 3. The standard InChI is InChI=1S/C15H23ClN4/c1-4-19(5-2)9-6-10-20-13(11-16)18-14-12(3)7-8-17-15(14)20/h7-8H,4-6,9-11H2,1-3H3. The summed E-state index contributed by atoms with van der Waals surface area (Å²) in [6.07, 6.45) is 2.94. The summed E-state index contributed by atoms with van der Waals surface area (Å²) >= 11 is 6.03. The zero-order chi connectivity index (χ0) is 14.5. The van der Waals surface area contributed by atoms with E-state index < -0.39 is 0 Å². The summed E-state index contributed by atoms with van der Waals surface area (Å²) < 4.78 is 2.17. The van der Waals surface area contributed by atoms with E-state index in [1.807, 2.05) is 12.3 Å². The second-order valence-electron chi connectivity index (χ2n) is 4.99. The van der Waals surface area contributed by atoms with E-state index in [0.29, 0.717) is 5.88 Å². The first-order chi connectivity index (χ1) is 9.71. The van der Waals surface area contributed by atoms with E-state index in [1.165, 1.54) is 0 Å². The molecule has 20 heavy (non-hydrogen) atoms. The van der Waals surface area contributed by atoms with Crippen molar-refractivity contribution < 1.29 is 0 Å². The smallest absolute Gasteiger partial charge is 0.160 e. The normalized spacial score (nSPS) is 11.7. The summed E-state index contributed by atoms with van der Waals surface area (Å²) in [5.74, 6) is 1.35. The Morgan fingerprint density at radius 3 is 2.70 bits per heavy atom. The lowest BCUT2D eigenvalue weighted by Crippen LogP contribution is -2.25. The van der Waals surface area contributed by atoms with E-state index in [-0.39, 0.29) is 0 Å². The van der Waals surface area contributed by atoms with Gasteiger partial charge in [0.1, 0.15) is 11.3 Å². The quantitative estimate of drug-likeness (QED) is 0.735. The summed E-state index contributed by atoms with van der Waals surface area (Å²) in [7, 11) is 0. The minimum atomic E-state index is 0.432. The molecule has 0 spiro atoms. The first kappa shape index (κ1) is 15.3. The molecule has 110 valence electrons. The highest BCUT2D eigenvalue weighted by atomic mass is 35.5. The van der Waals surface area contributed by atoms with Gasteiger partial charge in [0.05, 0.1) is 5.88 Å². The van der Waals surface area contributed by atoms with Crippen LogP contribution in [0.3, 0.4) is 0 Å². The number of hydrogen-bond donors (Lipinski definition) is 0. The van der Waals surface area contributed by atoms with Crippen molar-refractivity contribution in [2.75, 3.05) is 19.6 Å². The predicted molar refractivity (Wildman–Crippen MR) is 84.2 cm³/mol. The molecular weight excluding hydrogens is 272 g/mol. The van der Waals surface area contributed by atoms with E-state index in [2.05, 4.69) is 40.2 Å². The first-order valence-corrected chi connectivity index (χ1v) is 7.83. The number of imidazole rings is 1. The van der Waals surface area contributed by atoms with Gasteiger partial charge in [-0.25, -0.2) is 9.97 Å². The molecule has 0 N–H and O–H groups in total. The number of halogens is 1. The van der Waals surface area contributed by atoms with Gasteiger partial charge in [-0.2, -0.15) is 0 Å². The van der Waals surface area contributed by atoms with E-state index in [0.717, 1.165) is 55.2 Å². The van der Waals surface area contributed by atoms with Gasteiger partial charge in [0.15, 0.2) is 5.65 Å². The van der Waals surface area contributed by atoms with Gasteiger partial charge < -0.3 is 9.47 Å². The third-order valence-electron chi connectivity index (χ3n) is 3.78. The van der Waals surface area contributed by atoms with Gasteiger partial charge >= 0.3 is 0 Å². The predicted octanol–water partition coefficient (Wildman–Crippen LogP) is 3.21. The largest absolute Gasteiger partial charge is 0.312 e. The van der Waals surface area contributed by atoms with Gasteiger partial charge in [0.25, 0.3) is 0 Å². The molecule has 0 unspecified atom stereocenters. The summed E-state index contributed by atoms with van der Waals surface area (Å²) in [6.45, 7) is 10.7. The van der Waals surface area contributed by atoms with Crippen molar-refractivity contribution in [3.63, 3.8) is 0 Å². The van der Waals surface area contributed by atoms with Crippen LogP contribution in [-0.4, -0.2) is 39.1 Å². The monoisotopic (exact) mass is 294 g/mol. The molecule has 0 amide bonds. The van der Waals surface area contributed by atoms with Crippen LogP contribution in [0, 0.1) is 6.92 Å². The van der Waals surface area contributed by atoms with E-state index in [9.17, 15) is 0 Å². The third-order valence-corrected chi connectivity index (χ3v) is 4.02. The van der Waals surface area contributed by atoms with Gasteiger partial charge in [0.2, 0.25) is 0 Å². The van der Waals surface area contributed by atoms with Crippen LogP contribution in [0.25, 0.3) is 11.2 Å². The molecule has 0 fully saturated rings. The van der Waals surface area contributed by atoms with Crippen molar-refractivity contribution in [2.24, 2.45) is 0 Å². The van der Waals surface area contributed by atoms with Crippen molar-refractivity contribution in [1.29, 1.82) is 0 Å². The molecule has 0 aromatic carbocycles. The van der Waals surface area contributed by atoms with E-state index in [4.69, 9.17) is 11.6 Å². The van der Waals surface area contributed by atoms with Crippen molar-refractivity contribution in [2.45, 2.75) is 39.6 Å². The second-order valence-corrected chi connectivity index (χ2v) is 5.26. The van der Waals surface area contributed by atoms with Crippen LogP contribution in [0.2, 0.25) is 0 Å². The summed E-state index contributed by atoms with van der Waals surface area (Å²) in [6, 6.07) is 1.99. The minimum Gasteiger partial charge on any atom is -0.312 e. The molecule has 2 aromatic rings. The molecule has 2 heterocycles. The molecule has 0 radical (unpaired) electrons. The Morgan fingerprint density at radius 1 is 1.30 bits per heavy atom. The first-order valence-electron chi connectivity index (χ1n) is 7.30. The Morgan fingerprint density at radius 2 is 2.05 bits per heavy atom. The number of hydrogen-bond acceptors (Lipinski definition) is 3. The highest BCUT2D eigenvalue weighted by Gasteiger charge is 2.12. The second kappa shape index (κ2) is 7.04. The fraction of sp³-hybridized carbons (Fsp3) is 0.600. The topological polar surface area (TPSA) is 34.0 Å². The molecule has 0 saturated heterocycles. The lowest BCUT2D eigenvalue weighted by molar-refractivity contribution is 0.293. The molecule has 2 rings (SSSR count). The molecule has 0 aliphatic rings. The number of pyridine rings is 1. The Balaban J connectivity index is 2.18. The number of nitrogens with zero attached hydrogens (tertiary/aromatic N) is 4. The van der Waals surface area contributed by atoms with Crippen LogP contribution in [0.15, 0.2) is 12.3 Å². The van der Waals surface area contributed by atoms with E-state index >= 15 is 0 Å². The SMILES string of the molecule is CCN(CC)CCCn1c(CCl)nc2c(C)ccnc21. The zero-order valence-corrected chi connectivity index (χ0v) is 13.3. The van der Waals surface area contributed by atoms with Crippen LogP contribution in [0.1, 0.15) is 31.7 Å². The lowest BCUT2D eigenvalue weighted by atomic mass is 10.3. The minimum absolute atomic E-state index is 0.432. The van der Waals surface area contributed by atoms with Crippen molar-refractivity contribution >= 4 is 22.8 Å². The fourth-order valence-corrected chi connectivity index (χ4v) is 2.72. The Bertz CT molecular complexity index is 560. The Labute approximate surface area is 125 Å². The van der Waals surface area contributed by atoms with Gasteiger partial charge in [0, 0.05) is 12.7 Å². The van der Waals surface area contributed by atoms with Gasteiger partial charge in [-0.05, 0) is 44.6 Å². The van der Waals surface area contributed by atoms with Crippen molar-refractivity contribution in [3.05, 3.63) is 23.7 Å². The van der Waals surface area contributed by atoms with Crippen LogP contribution >= 0.6 is 11.6 Å². The molecule has 0 atom stereocenters. The third kappa shape index (κ3) is 3.13. The highest BCUT2D eigenvalue weighted by Crippen LogP contribution is 2.19. The van der Waals surface area contributed by atoms with Crippen LogP contribution < -0.4 is 0 Å². The van der Waals surface area contributed by atoms with Crippen LogP contribution in [0.4, 0.5) is 0 Å². The number of rotatable bonds is 7. The van der Waals surface area contributed by atoms with Gasteiger partial charge in [-0.1, -0.05) is 13.8 Å². The average Bonchev–Trinajstić information content (AvgIpc) is 2.83. The maximum Gasteiger partial charge on any atom is 0.160 e. The van der Waals surface area contributed by atoms with Crippen LogP contribution in [0.5, 0.6) is 0 Å². The van der Waals surface area contributed by atoms with E-state index in [1.54, 1.807) is 0 Å². The molecular formula is C15H23ClN4. The Hall–Kier alpha value is -1.13. The van der Waals surface area contributed by atoms with Gasteiger partial charge in [-0.15, -0.1) is 11.6 Å². The number of fused-ring (bicyclic) bond motifs is 1. The average molecular weight is 295 g/mol. The molecule has 5 heteroatoms.